The predicted molar refractivity (Wildman–Crippen MR) is 97.1 cm³/mol. The molecular weight excluding hydrogens is 353 g/mol. The molecule has 7 heteroatoms. The van der Waals surface area contributed by atoms with Crippen LogP contribution in [0, 0.1) is 5.82 Å². The van der Waals surface area contributed by atoms with Gasteiger partial charge in [-0.2, -0.15) is 0 Å². The van der Waals surface area contributed by atoms with Crippen LogP contribution in [0.25, 0.3) is 0 Å². The van der Waals surface area contributed by atoms with Gasteiger partial charge in [-0.25, -0.2) is 9.18 Å². The second kappa shape index (κ2) is 8.44. The molecule has 0 unspecified atom stereocenters. The average molecular weight is 373 g/mol. The Hall–Kier alpha value is -3.22. The molecule has 0 radical (unpaired) electrons. The Labute approximate surface area is 156 Å². The van der Waals surface area contributed by atoms with Crippen molar-refractivity contribution in [2.24, 2.45) is 0 Å². The Morgan fingerprint density at radius 2 is 1.59 bits per heavy atom. The monoisotopic (exact) mass is 373 g/mol. The van der Waals surface area contributed by atoms with Crippen LogP contribution in [-0.2, 0) is 14.3 Å². The first-order valence-corrected chi connectivity index (χ1v) is 8.20. The number of ether oxygens (including phenoxy) is 2. The van der Waals surface area contributed by atoms with E-state index in [-0.39, 0.29) is 5.78 Å². The zero-order chi connectivity index (χ0) is 20.0. The number of benzene rings is 2. The SMILES string of the molecule is CC(=O)c1ccc(NC(=O)COC(=O)C(C)(C)Oc2ccc(F)cc2)cc1. The Bertz CT molecular complexity index is 828. The number of halogens is 1. The Morgan fingerprint density at radius 1 is 1.00 bits per heavy atom. The van der Waals surface area contributed by atoms with Gasteiger partial charge in [0.1, 0.15) is 11.6 Å². The minimum atomic E-state index is -1.36. The lowest BCUT2D eigenvalue weighted by atomic mass is 10.1. The van der Waals surface area contributed by atoms with E-state index in [0.717, 1.165) is 0 Å². The van der Waals surface area contributed by atoms with Gasteiger partial charge >= 0.3 is 5.97 Å². The van der Waals surface area contributed by atoms with Gasteiger partial charge in [0.25, 0.3) is 5.91 Å². The molecule has 0 aliphatic rings. The van der Waals surface area contributed by atoms with Crippen LogP contribution in [0.1, 0.15) is 31.1 Å². The van der Waals surface area contributed by atoms with E-state index >= 15 is 0 Å². The highest BCUT2D eigenvalue weighted by Gasteiger charge is 2.32. The quantitative estimate of drug-likeness (QED) is 0.594. The summed E-state index contributed by atoms with van der Waals surface area (Å²) in [5, 5.41) is 2.56. The van der Waals surface area contributed by atoms with Crippen molar-refractivity contribution < 1.29 is 28.2 Å². The number of esters is 1. The molecule has 2 rings (SSSR count). The number of Topliss-reactive ketones (excluding diaryl/α,β-unsaturated/α-hetero) is 1. The fourth-order valence-electron chi connectivity index (χ4n) is 2.13. The molecule has 0 aliphatic heterocycles. The van der Waals surface area contributed by atoms with Gasteiger partial charge < -0.3 is 14.8 Å². The second-order valence-corrected chi connectivity index (χ2v) is 6.32. The summed E-state index contributed by atoms with van der Waals surface area (Å²) in [7, 11) is 0. The minimum absolute atomic E-state index is 0.0785. The number of ketones is 1. The maximum absolute atomic E-state index is 12.9. The maximum Gasteiger partial charge on any atom is 0.350 e. The van der Waals surface area contributed by atoms with Crippen molar-refractivity contribution in [3.63, 3.8) is 0 Å². The molecule has 2 aromatic rings. The largest absolute Gasteiger partial charge is 0.476 e. The van der Waals surface area contributed by atoms with Crippen molar-refractivity contribution in [1.82, 2.24) is 0 Å². The van der Waals surface area contributed by atoms with Crippen LogP contribution in [0.5, 0.6) is 5.75 Å². The minimum Gasteiger partial charge on any atom is -0.476 e. The summed E-state index contributed by atoms with van der Waals surface area (Å²) >= 11 is 0. The van der Waals surface area contributed by atoms with Crippen LogP contribution in [0.15, 0.2) is 48.5 Å². The molecule has 0 atom stereocenters. The van der Waals surface area contributed by atoms with Crippen molar-refractivity contribution in [1.29, 1.82) is 0 Å². The van der Waals surface area contributed by atoms with E-state index < -0.39 is 29.9 Å². The molecule has 142 valence electrons. The number of anilines is 1. The zero-order valence-corrected chi connectivity index (χ0v) is 15.2. The molecule has 6 nitrogen and oxygen atoms in total. The van der Waals surface area contributed by atoms with Gasteiger partial charge in [0, 0.05) is 11.3 Å². The third-order valence-electron chi connectivity index (χ3n) is 3.59. The summed E-state index contributed by atoms with van der Waals surface area (Å²) in [5.41, 5.74) is -0.358. The molecule has 0 heterocycles. The van der Waals surface area contributed by atoms with Gasteiger partial charge in [0.2, 0.25) is 0 Å². The summed E-state index contributed by atoms with van der Waals surface area (Å²) in [6.07, 6.45) is 0. The molecule has 1 amide bonds. The molecule has 0 spiro atoms. The maximum atomic E-state index is 12.9. The average Bonchev–Trinajstić information content (AvgIpc) is 2.62. The Balaban J connectivity index is 1.86. The van der Waals surface area contributed by atoms with Crippen LogP contribution < -0.4 is 10.1 Å². The molecule has 0 bridgehead atoms. The topological polar surface area (TPSA) is 81.7 Å². The van der Waals surface area contributed by atoms with E-state index in [1.807, 2.05) is 0 Å². The van der Waals surface area contributed by atoms with Crippen LogP contribution in [-0.4, -0.2) is 29.9 Å². The molecule has 2 aromatic carbocycles. The van der Waals surface area contributed by atoms with Gasteiger partial charge in [0.15, 0.2) is 18.0 Å². The second-order valence-electron chi connectivity index (χ2n) is 6.32. The highest BCUT2D eigenvalue weighted by molar-refractivity contribution is 5.96. The first-order chi connectivity index (χ1) is 12.7. The Morgan fingerprint density at radius 3 is 2.15 bits per heavy atom. The number of nitrogens with one attached hydrogen (secondary N) is 1. The number of rotatable bonds is 7. The number of amides is 1. The number of hydrogen-bond acceptors (Lipinski definition) is 5. The fourth-order valence-corrected chi connectivity index (χ4v) is 2.13. The molecule has 27 heavy (non-hydrogen) atoms. The normalized spacial score (nSPS) is 10.8. The third kappa shape index (κ3) is 5.91. The van der Waals surface area contributed by atoms with Gasteiger partial charge in [0.05, 0.1) is 0 Å². The van der Waals surface area contributed by atoms with Crippen molar-refractivity contribution in [2.75, 3.05) is 11.9 Å². The fraction of sp³-hybridized carbons (Fsp3) is 0.250. The molecule has 1 N–H and O–H groups in total. The predicted octanol–water partition coefficient (Wildman–Crippen LogP) is 3.37. The van der Waals surface area contributed by atoms with Crippen molar-refractivity contribution in [3.05, 3.63) is 59.9 Å². The number of carbonyl (C=O) groups is 3. The molecular formula is C20H20FNO5. The van der Waals surface area contributed by atoms with E-state index in [1.54, 1.807) is 24.3 Å². The summed E-state index contributed by atoms with van der Waals surface area (Å²) < 4.78 is 23.4. The van der Waals surface area contributed by atoms with Gasteiger partial charge in [-0.05, 0) is 69.3 Å². The van der Waals surface area contributed by atoms with E-state index in [1.165, 1.54) is 45.0 Å². The van der Waals surface area contributed by atoms with Gasteiger partial charge in [-0.3, -0.25) is 9.59 Å². The van der Waals surface area contributed by atoms with Crippen molar-refractivity contribution >= 4 is 23.3 Å². The smallest absolute Gasteiger partial charge is 0.350 e. The van der Waals surface area contributed by atoms with Crippen LogP contribution in [0.2, 0.25) is 0 Å². The van der Waals surface area contributed by atoms with Crippen molar-refractivity contribution in [2.45, 2.75) is 26.4 Å². The van der Waals surface area contributed by atoms with Crippen LogP contribution in [0.3, 0.4) is 0 Å². The van der Waals surface area contributed by atoms with Gasteiger partial charge in [-0.15, -0.1) is 0 Å². The highest BCUT2D eigenvalue weighted by atomic mass is 19.1. The van der Waals surface area contributed by atoms with E-state index in [4.69, 9.17) is 9.47 Å². The standard InChI is InChI=1S/C20H20FNO5/c1-13(23)14-4-8-16(9-5-14)22-18(24)12-26-19(25)20(2,3)27-17-10-6-15(21)7-11-17/h4-11H,12H2,1-3H3,(H,22,24). The highest BCUT2D eigenvalue weighted by Crippen LogP contribution is 2.20. The lowest BCUT2D eigenvalue weighted by molar-refractivity contribution is -0.161. The summed E-state index contributed by atoms with van der Waals surface area (Å²) in [6, 6.07) is 11.5. The first-order valence-electron chi connectivity index (χ1n) is 8.20. The molecule has 0 aromatic heterocycles. The summed E-state index contributed by atoms with van der Waals surface area (Å²) in [4.78, 5) is 35.3. The Kier molecular flexibility index (Phi) is 6.28. The number of hydrogen-bond donors (Lipinski definition) is 1. The van der Waals surface area contributed by atoms with Gasteiger partial charge in [-0.1, -0.05) is 0 Å². The summed E-state index contributed by atoms with van der Waals surface area (Å²) in [6.45, 7) is 3.92. The molecule has 0 fully saturated rings. The molecule has 0 saturated heterocycles. The summed E-state index contributed by atoms with van der Waals surface area (Å²) in [5.74, 6) is -1.47. The van der Waals surface area contributed by atoms with Crippen LogP contribution >= 0.6 is 0 Å². The molecule has 0 saturated carbocycles. The van der Waals surface area contributed by atoms with E-state index in [0.29, 0.717) is 17.0 Å². The van der Waals surface area contributed by atoms with E-state index in [2.05, 4.69) is 5.32 Å². The molecule has 0 aliphatic carbocycles. The lowest BCUT2D eigenvalue weighted by Gasteiger charge is -2.24. The van der Waals surface area contributed by atoms with Crippen molar-refractivity contribution in [3.8, 4) is 5.75 Å². The van der Waals surface area contributed by atoms with Crippen LogP contribution in [0.4, 0.5) is 10.1 Å². The third-order valence-corrected chi connectivity index (χ3v) is 3.59. The first kappa shape index (κ1) is 20.1. The number of carbonyl (C=O) groups excluding carboxylic acids is 3. The lowest BCUT2D eigenvalue weighted by Crippen LogP contribution is -2.41. The van der Waals surface area contributed by atoms with E-state index in [9.17, 15) is 18.8 Å². The zero-order valence-electron chi connectivity index (χ0n) is 15.2.